The maximum atomic E-state index is 12.0. The van der Waals surface area contributed by atoms with E-state index in [1.165, 1.54) is 28.0 Å². The molecule has 21 heavy (non-hydrogen) atoms. The third-order valence-corrected chi connectivity index (χ3v) is 3.44. The van der Waals surface area contributed by atoms with Gasteiger partial charge in [0.25, 0.3) is 5.69 Å². The molecule has 1 heterocycles. The summed E-state index contributed by atoms with van der Waals surface area (Å²) in [5.41, 5.74) is 6.52. The number of nitro groups is 1. The Bertz CT molecular complexity index is 602. The second-order valence-electron chi connectivity index (χ2n) is 4.80. The molecule has 1 aromatic rings. The summed E-state index contributed by atoms with van der Waals surface area (Å²) in [6.45, 7) is 2.38. The lowest BCUT2D eigenvalue weighted by Crippen LogP contribution is -2.53. The molecule has 0 radical (unpaired) electrons. The van der Waals surface area contributed by atoms with Crippen molar-refractivity contribution in [1.82, 2.24) is 9.80 Å². The molecule has 8 nitrogen and oxygen atoms in total. The van der Waals surface area contributed by atoms with E-state index in [-0.39, 0.29) is 37.1 Å². The lowest BCUT2D eigenvalue weighted by Gasteiger charge is -2.33. The van der Waals surface area contributed by atoms with Gasteiger partial charge in [-0.05, 0) is 13.0 Å². The normalized spacial score (nSPS) is 15.5. The van der Waals surface area contributed by atoms with E-state index >= 15 is 0 Å². The molecule has 2 rings (SSSR count). The molecule has 8 heteroatoms. The van der Waals surface area contributed by atoms with Crippen molar-refractivity contribution >= 4 is 23.2 Å². The number of amides is 2. The summed E-state index contributed by atoms with van der Waals surface area (Å²) in [5.74, 6) is -0.330. The van der Waals surface area contributed by atoms with Crippen LogP contribution in [0.2, 0.25) is 0 Å². The first-order valence-corrected chi connectivity index (χ1v) is 6.50. The van der Waals surface area contributed by atoms with Crippen LogP contribution >= 0.6 is 0 Å². The van der Waals surface area contributed by atoms with Crippen molar-refractivity contribution in [3.63, 3.8) is 0 Å². The highest BCUT2D eigenvalue weighted by molar-refractivity contribution is 5.92. The van der Waals surface area contributed by atoms with Crippen LogP contribution in [0.15, 0.2) is 18.2 Å². The number of nitrogen functional groups attached to an aromatic ring is 1. The Morgan fingerprint density at radius 1 is 1.24 bits per heavy atom. The summed E-state index contributed by atoms with van der Waals surface area (Å²) >= 11 is 0. The lowest BCUT2D eigenvalue weighted by molar-refractivity contribution is -0.384. The first-order valence-electron chi connectivity index (χ1n) is 6.50. The Hall–Kier alpha value is -2.64. The van der Waals surface area contributed by atoms with E-state index in [4.69, 9.17) is 5.73 Å². The molecule has 0 aliphatic carbocycles. The van der Waals surface area contributed by atoms with Gasteiger partial charge in [0.05, 0.1) is 11.5 Å². The topological polar surface area (TPSA) is 110 Å². The first kappa shape index (κ1) is 14.8. The predicted octanol–water partition coefficient (Wildman–Crippen LogP) is 0.368. The molecule has 0 saturated carbocycles. The van der Waals surface area contributed by atoms with Gasteiger partial charge in [-0.25, -0.2) is 0 Å². The molecule has 2 amide bonds. The number of piperazine rings is 1. The Kier molecular flexibility index (Phi) is 4.06. The summed E-state index contributed by atoms with van der Waals surface area (Å²) in [5, 5.41) is 10.8. The monoisotopic (exact) mass is 292 g/mol. The van der Waals surface area contributed by atoms with Crippen molar-refractivity contribution in [2.75, 3.05) is 25.4 Å². The highest BCUT2D eigenvalue weighted by Gasteiger charge is 2.29. The van der Waals surface area contributed by atoms with Gasteiger partial charge < -0.3 is 15.5 Å². The summed E-state index contributed by atoms with van der Waals surface area (Å²) in [4.78, 5) is 36.9. The first-order chi connectivity index (χ1) is 9.92. The van der Waals surface area contributed by atoms with Crippen LogP contribution in [0.25, 0.3) is 0 Å². The standard InChI is InChI=1S/C13H16N4O4/c1-2-15-7-13(19)16(8-12(15)18)6-9-5-10(17(20)21)3-4-11(9)14/h3-5H,2,6-8,14H2,1H3. The molecule has 1 fully saturated rings. The van der Waals surface area contributed by atoms with E-state index in [9.17, 15) is 19.7 Å². The van der Waals surface area contributed by atoms with E-state index in [1.54, 1.807) is 6.92 Å². The molecule has 2 N–H and O–H groups in total. The van der Waals surface area contributed by atoms with E-state index in [1.807, 2.05) is 0 Å². The fraction of sp³-hybridized carbons (Fsp3) is 0.385. The summed E-state index contributed by atoms with van der Waals surface area (Å²) in [6.07, 6.45) is 0. The Labute approximate surface area is 121 Å². The average molecular weight is 292 g/mol. The molecule has 1 saturated heterocycles. The third-order valence-electron chi connectivity index (χ3n) is 3.44. The molecule has 0 bridgehead atoms. The number of benzene rings is 1. The maximum absolute atomic E-state index is 12.0. The van der Waals surface area contributed by atoms with Crippen LogP contribution in [0.4, 0.5) is 11.4 Å². The Balaban J connectivity index is 2.18. The fourth-order valence-corrected chi connectivity index (χ4v) is 2.18. The van der Waals surface area contributed by atoms with Gasteiger partial charge >= 0.3 is 0 Å². The number of rotatable bonds is 4. The van der Waals surface area contributed by atoms with Crippen LogP contribution in [0.3, 0.4) is 0 Å². The molecule has 0 spiro atoms. The Morgan fingerprint density at radius 3 is 2.48 bits per heavy atom. The van der Waals surface area contributed by atoms with Crippen LogP contribution in [0.5, 0.6) is 0 Å². The molecular weight excluding hydrogens is 276 g/mol. The van der Waals surface area contributed by atoms with Crippen LogP contribution in [-0.2, 0) is 16.1 Å². The van der Waals surface area contributed by atoms with Crippen molar-refractivity contribution in [2.24, 2.45) is 0 Å². The number of carbonyl (C=O) groups is 2. The van der Waals surface area contributed by atoms with Gasteiger partial charge in [0.15, 0.2) is 0 Å². The molecule has 112 valence electrons. The van der Waals surface area contributed by atoms with Gasteiger partial charge in [-0.3, -0.25) is 19.7 Å². The smallest absolute Gasteiger partial charge is 0.269 e. The number of carbonyl (C=O) groups excluding carboxylic acids is 2. The van der Waals surface area contributed by atoms with Crippen molar-refractivity contribution < 1.29 is 14.5 Å². The molecule has 0 unspecified atom stereocenters. The molecule has 0 aromatic heterocycles. The molecule has 1 aliphatic heterocycles. The number of likely N-dealkylation sites (N-methyl/N-ethyl adjacent to an activating group) is 1. The summed E-state index contributed by atoms with van der Waals surface area (Å²) in [7, 11) is 0. The zero-order valence-corrected chi connectivity index (χ0v) is 11.6. The zero-order valence-electron chi connectivity index (χ0n) is 11.6. The molecule has 0 atom stereocenters. The highest BCUT2D eigenvalue weighted by atomic mass is 16.6. The van der Waals surface area contributed by atoms with Crippen LogP contribution in [-0.4, -0.2) is 46.2 Å². The number of hydrogen-bond donors (Lipinski definition) is 1. The SMILES string of the molecule is CCN1CC(=O)N(Cc2cc([N+](=O)[O-])ccc2N)CC1=O. The molecule has 1 aromatic carbocycles. The molecule has 1 aliphatic rings. The number of hydrogen-bond acceptors (Lipinski definition) is 5. The van der Waals surface area contributed by atoms with Gasteiger partial charge in [0.1, 0.15) is 6.54 Å². The van der Waals surface area contributed by atoms with E-state index in [0.717, 1.165) is 0 Å². The second-order valence-corrected chi connectivity index (χ2v) is 4.80. The predicted molar refractivity (Wildman–Crippen MR) is 75.2 cm³/mol. The number of anilines is 1. The number of nitrogens with two attached hydrogens (primary N) is 1. The van der Waals surface area contributed by atoms with Crippen molar-refractivity contribution in [2.45, 2.75) is 13.5 Å². The zero-order chi connectivity index (χ0) is 15.6. The van der Waals surface area contributed by atoms with E-state index in [0.29, 0.717) is 17.8 Å². The van der Waals surface area contributed by atoms with Crippen molar-refractivity contribution in [3.05, 3.63) is 33.9 Å². The fourth-order valence-electron chi connectivity index (χ4n) is 2.18. The number of nitrogens with zero attached hydrogens (tertiary/aromatic N) is 3. The van der Waals surface area contributed by atoms with E-state index in [2.05, 4.69) is 0 Å². The van der Waals surface area contributed by atoms with Crippen LogP contribution < -0.4 is 5.73 Å². The van der Waals surface area contributed by atoms with Crippen molar-refractivity contribution in [1.29, 1.82) is 0 Å². The second kappa shape index (κ2) is 5.78. The minimum Gasteiger partial charge on any atom is -0.398 e. The lowest BCUT2D eigenvalue weighted by atomic mass is 10.1. The third kappa shape index (κ3) is 3.10. The highest BCUT2D eigenvalue weighted by Crippen LogP contribution is 2.22. The largest absolute Gasteiger partial charge is 0.398 e. The summed E-state index contributed by atoms with van der Waals surface area (Å²) in [6, 6.07) is 4.07. The minimum atomic E-state index is -0.523. The van der Waals surface area contributed by atoms with Crippen LogP contribution in [0.1, 0.15) is 12.5 Å². The number of nitro benzene ring substituents is 1. The number of non-ortho nitro benzene ring substituents is 1. The van der Waals surface area contributed by atoms with Gasteiger partial charge in [-0.15, -0.1) is 0 Å². The maximum Gasteiger partial charge on any atom is 0.269 e. The molecular formula is C13H16N4O4. The van der Waals surface area contributed by atoms with Crippen LogP contribution in [0, 0.1) is 10.1 Å². The van der Waals surface area contributed by atoms with Gasteiger partial charge in [-0.2, -0.15) is 0 Å². The quantitative estimate of drug-likeness (QED) is 0.489. The summed E-state index contributed by atoms with van der Waals surface area (Å²) < 4.78 is 0. The van der Waals surface area contributed by atoms with Crippen molar-refractivity contribution in [3.8, 4) is 0 Å². The Morgan fingerprint density at radius 2 is 1.86 bits per heavy atom. The van der Waals surface area contributed by atoms with E-state index < -0.39 is 4.92 Å². The van der Waals surface area contributed by atoms with Gasteiger partial charge in [0, 0.05) is 36.5 Å². The average Bonchev–Trinajstić information content (AvgIpc) is 2.44. The van der Waals surface area contributed by atoms with Gasteiger partial charge in [-0.1, -0.05) is 0 Å². The van der Waals surface area contributed by atoms with Gasteiger partial charge in [0.2, 0.25) is 11.8 Å². The minimum absolute atomic E-state index is 0.0319.